The number of allylic oxidation sites excluding steroid dienone is 3. The average Bonchev–Trinajstić information content (AvgIpc) is 2.61. The summed E-state index contributed by atoms with van der Waals surface area (Å²) < 4.78 is 0. The molecule has 122 valence electrons. The van der Waals surface area contributed by atoms with Gasteiger partial charge in [0.15, 0.2) is 5.78 Å². The van der Waals surface area contributed by atoms with Crippen LogP contribution in [0.2, 0.25) is 0 Å². The minimum absolute atomic E-state index is 0.0258. The number of carbonyl (C=O) groups excluding carboxylic acids is 1. The van der Waals surface area contributed by atoms with E-state index in [-0.39, 0.29) is 16.9 Å². The quantitative estimate of drug-likeness (QED) is 0.531. The van der Waals surface area contributed by atoms with Crippen molar-refractivity contribution < 1.29 is 9.90 Å². The molecule has 3 aliphatic rings. The third-order valence-electron chi connectivity index (χ3n) is 7.01. The van der Waals surface area contributed by atoms with E-state index in [1.165, 1.54) is 11.1 Å². The van der Waals surface area contributed by atoms with Gasteiger partial charge in [0, 0.05) is 11.8 Å². The minimum atomic E-state index is -0.241. The number of aliphatic hydroxyl groups is 1. The van der Waals surface area contributed by atoms with E-state index < -0.39 is 0 Å². The van der Waals surface area contributed by atoms with Gasteiger partial charge in [-0.1, -0.05) is 31.1 Å². The molecular weight excluding hydrogens is 272 g/mol. The Bertz CT molecular complexity index is 566. The van der Waals surface area contributed by atoms with Gasteiger partial charge in [-0.15, -0.1) is 0 Å². The van der Waals surface area contributed by atoms with Crippen molar-refractivity contribution in [3.63, 3.8) is 0 Å². The number of fused-ring (bicyclic) bond motifs is 2. The molecule has 0 aromatic heterocycles. The molecule has 0 aromatic carbocycles. The average molecular weight is 302 g/mol. The van der Waals surface area contributed by atoms with Crippen molar-refractivity contribution in [2.45, 2.75) is 72.8 Å². The van der Waals surface area contributed by atoms with Crippen LogP contribution in [-0.4, -0.2) is 17.0 Å². The van der Waals surface area contributed by atoms with Gasteiger partial charge in [0.1, 0.15) is 0 Å². The van der Waals surface area contributed by atoms with Crippen LogP contribution in [0.4, 0.5) is 0 Å². The van der Waals surface area contributed by atoms with Gasteiger partial charge in [-0.05, 0) is 69.3 Å². The Labute approximate surface area is 134 Å². The van der Waals surface area contributed by atoms with E-state index in [0.717, 1.165) is 31.3 Å². The van der Waals surface area contributed by atoms with Crippen LogP contribution in [0.1, 0.15) is 66.7 Å². The molecule has 0 aromatic rings. The van der Waals surface area contributed by atoms with Crippen molar-refractivity contribution in [3.8, 4) is 0 Å². The lowest BCUT2D eigenvalue weighted by Crippen LogP contribution is -2.42. The zero-order chi connectivity index (χ0) is 16.3. The maximum Gasteiger partial charge on any atom is 0.159 e. The zero-order valence-corrected chi connectivity index (χ0v) is 14.7. The molecule has 3 aliphatic carbocycles. The molecule has 22 heavy (non-hydrogen) atoms. The monoisotopic (exact) mass is 302 g/mol. The highest BCUT2D eigenvalue weighted by Crippen LogP contribution is 2.60. The summed E-state index contributed by atoms with van der Waals surface area (Å²) in [6.45, 7) is 11.0. The molecule has 3 rings (SSSR count). The first-order valence-corrected chi connectivity index (χ1v) is 8.74. The molecule has 0 saturated heterocycles. The Kier molecular flexibility index (Phi) is 3.67. The SMILES string of the molecule is CC1=CC[C@@H](O)[C@]2(C)CC[C@@H]3C(=C(C)C)C(=O)C[C@@]3(C)C[C@@H]12. The lowest BCUT2D eigenvalue weighted by Gasteiger charge is -2.45. The molecule has 0 radical (unpaired) electrons. The maximum atomic E-state index is 12.6. The molecule has 0 unspecified atom stereocenters. The van der Waals surface area contributed by atoms with Gasteiger partial charge in [-0.2, -0.15) is 0 Å². The third kappa shape index (κ3) is 2.14. The first-order valence-electron chi connectivity index (χ1n) is 8.74. The Morgan fingerprint density at radius 2 is 1.95 bits per heavy atom. The fourth-order valence-electron chi connectivity index (χ4n) is 5.58. The number of ketones is 1. The second-order valence-corrected chi connectivity index (χ2v) is 8.72. The van der Waals surface area contributed by atoms with Crippen LogP contribution in [0, 0.1) is 22.7 Å². The number of aliphatic hydroxyl groups excluding tert-OH is 1. The molecule has 0 amide bonds. The van der Waals surface area contributed by atoms with Crippen molar-refractivity contribution in [3.05, 3.63) is 22.8 Å². The first kappa shape index (κ1) is 16.0. The summed E-state index contributed by atoms with van der Waals surface area (Å²) in [4.78, 5) is 12.6. The van der Waals surface area contributed by atoms with E-state index in [9.17, 15) is 9.90 Å². The molecule has 0 bridgehead atoms. The van der Waals surface area contributed by atoms with Crippen molar-refractivity contribution in [2.24, 2.45) is 22.7 Å². The van der Waals surface area contributed by atoms with Gasteiger partial charge in [-0.25, -0.2) is 0 Å². The summed E-state index contributed by atoms with van der Waals surface area (Å²) in [5.74, 6) is 1.16. The van der Waals surface area contributed by atoms with Gasteiger partial charge in [0.2, 0.25) is 0 Å². The number of rotatable bonds is 0. The molecule has 2 fully saturated rings. The summed E-state index contributed by atoms with van der Waals surface area (Å²) >= 11 is 0. The Balaban J connectivity index is 2.05. The van der Waals surface area contributed by atoms with Crippen LogP contribution in [0.3, 0.4) is 0 Å². The molecular formula is C20H30O2. The van der Waals surface area contributed by atoms with Gasteiger partial charge in [-0.3, -0.25) is 4.79 Å². The first-order chi connectivity index (χ1) is 10.2. The fraction of sp³-hybridized carbons (Fsp3) is 0.750. The molecule has 2 nitrogen and oxygen atoms in total. The smallest absolute Gasteiger partial charge is 0.159 e. The predicted molar refractivity (Wildman–Crippen MR) is 89.4 cm³/mol. The Morgan fingerprint density at radius 3 is 2.59 bits per heavy atom. The van der Waals surface area contributed by atoms with Crippen LogP contribution in [0.25, 0.3) is 0 Å². The normalized spacial score (nSPS) is 45.0. The molecule has 0 aliphatic heterocycles. The zero-order valence-electron chi connectivity index (χ0n) is 14.7. The summed E-state index contributed by atoms with van der Waals surface area (Å²) in [6, 6.07) is 0. The fourth-order valence-corrected chi connectivity index (χ4v) is 5.58. The number of Topliss-reactive ketones (excluding diaryl/α,β-unsaturated/α-hetero) is 1. The lowest BCUT2D eigenvalue weighted by atomic mass is 9.61. The van der Waals surface area contributed by atoms with Crippen molar-refractivity contribution >= 4 is 5.78 Å². The summed E-state index contributed by atoms with van der Waals surface area (Å²) in [7, 11) is 0. The van der Waals surface area contributed by atoms with Gasteiger partial charge >= 0.3 is 0 Å². The Hall–Kier alpha value is -0.890. The molecule has 0 heterocycles. The number of carbonyl (C=O) groups is 1. The van der Waals surface area contributed by atoms with Crippen molar-refractivity contribution in [1.82, 2.24) is 0 Å². The number of hydrogen-bond acceptors (Lipinski definition) is 2. The summed E-state index contributed by atoms with van der Waals surface area (Å²) in [5.41, 5.74) is 3.76. The standard InChI is InChI=1S/C20H30O2/c1-12(2)18-14-8-9-20(5)15(13(3)6-7-17(20)22)10-19(14,4)11-16(18)21/h6,14-15,17,22H,7-11H2,1-5H3/t14-,15+,17-,19-,20-/m1/s1. The number of hydrogen-bond donors (Lipinski definition) is 1. The maximum absolute atomic E-state index is 12.6. The molecule has 5 atom stereocenters. The van der Waals surface area contributed by atoms with E-state index in [4.69, 9.17) is 0 Å². The van der Waals surface area contributed by atoms with E-state index >= 15 is 0 Å². The van der Waals surface area contributed by atoms with Gasteiger partial charge < -0.3 is 5.11 Å². The predicted octanol–water partition coefficient (Wildman–Crippen LogP) is 4.44. The third-order valence-corrected chi connectivity index (χ3v) is 7.01. The second-order valence-electron chi connectivity index (χ2n) is 8.72. The highest BCUT2D eigenvalue weighted by atomic mass is 16.3. The van der Waals surface area contributed by atoms with E-state index in [2.05, 4.69) is 40.7 Å². The highest BCUT2D eigenvalue weighted by molar-refractivity contribution is 5.99. The van der Waals surface area contributed by atoms with Gasteiger partial charge in [0.05, 0.1) is 6.10 Å². The van der Waals surface area contributed by atoms with Crippen LogP contribution < -0.4 is 0 Å². The van der Waals surface area contributed by atoms with Crippen molar-refractivity contribution in [1.29, 1.82) is 0 Å². The van der Waals surface area contributed by atoms with Crippen LogP contribution >= 0.6 is 0 Å². The highest BCUT2D eigenvalue weighted by Gasteiger charge is 2.55. The lowest BCUT2D eigenvalue weighted by molar-refractivity contribution is -0.115. The molecule has 2 saturated carbocycles. The van der Waals surface area contributed by atoms with Crippen LogP contribution in [0.15, 0.2) is 22.8 Å². The van der Waals surface area contributed by atoms with Crippen LogP contribution in [0.5, 0.6) is 0 Å². The molecule has 0 spiro atoms. The van der Waals surface area contributed by atoms with Crippen LogP contribution in [-0.2, 0) is 4.79 Å². The van der Waals surface area contributed by atoms with E-state index in [1.807, 2.05) is 0 Å². The van der Waals surface area contributed by atoms with E-state index in [1.54, 1.807) is 0 Å². The Morgan fingerprint density at radius 1 is 1.27 bits per heavy atom. The van der Waals surface area contributed by atoms with Crippen molar-refractivity contribution in [2.75, 3.05) is 0 Å². The largest absolute Gasteiger partial charge is 0.392 e. The topological polar surface area (TPSA) is 37.3 Å². The second kappa shape index (κ2) is 5.06. The molecule has 2 heteroatoms. The van der Waals surface area contributed by atoms with Gasteiger partial charge in [0.25, 0.3) is 0 Å². The summed E-state index contributed by atoms with van der Waals surface area (Å²) in [5, 5.41) is 10.7. The minimum Gasteiger partial charge on any atom is -0.392 e. The summed E-state index contributed by atoms with van der Waals surface area (Å²) in [6.07, 6.45) is 6.56. The molecule has 1 N–H and O–H groups in total. The van der Waals surface area contributed by atoms with E-state index in [0.29, 0.717) is 24.0 Å².